The highest BCUT2D eigenvalue weighted by Gasteiger charge is 2.10. The van der Waals surface area contributed by atoms with Crippen LogP contribution in [0.25, 0.3) is 10.9 Å². The fourth-order valence-corrected chi connectivity index (χ4v) is 1.33. The number of H-pyrrole nitrogens is 1. The number of carboxylic acids is 1. The zero-order valence-corrected chi connectivity index (χ0v) is 9.86. The number of carboxylic acid groups (broad SMARTS) is 1. The first-order valence-electron chi connectivity index (χ1n) is 5.45. The van der Waals surface area contributed by atoms with E-state index in [9.17, 15) is 9.59 Å². The van der Waals surface area contributed by atoms with Gasteiger partial charge in [0.05, 0.1) is 0 Å². The molecule has 1 aromatic carbocycles. The smallest absolute Gasteiger partial charge is 0.341 e. The van der Waals surface area contributed by atoms with Crippen molar-refractivity contribution >= 4 is 16.9 Å². The molecule has 0 aliphatic carbocycles. The van der Waals surface area contributed by atoms with Crippen molar-refractivity contribution in [3.8, 4) is 0 Å². The lowest BCUT2D eigenvalue weighted by atomic mass is 10.1. The van der Waals surface area contributed by atoms with Gasteiger partial charge >= 0.3 is 5.97 Å². The molecule has 1 aromatic heterocycles. The number of aromatic nitrogens is 1. The molecule has 0 unspecified atom stereocenters. The number of nitrogens with one attached hydrogen (secondary N) is 1. The van der Waals surface area contributed by atoms with Crippen molar-refractivity contribution < 1.29 is 9.90 Å². The molecule has 0 bridgehead atoms. The molecule has 0 atom stereocenters. The number of hydrogen-bond acceptors (Lipinski definition) is 2. The van der Waals surface area contributed by atoms with Gasteiger partial charge in [-0.15, -0.1) is 0 Å². The topological polar surface area (TPSA) is 70.2 Å². The number of fused-ring (bicyclic) bond motifs is 1. The fourth-order valence-electron chi connectivity index (χ4n) is 1.33. The summed E-state index contributed by atoms with van der Waals surface area (Å²) in [4.78, 5) is 25.0. The number of para-hydroxylation sites is 1. The molecule has 2 aromatic rings. The molecule has 4 nitrogen and oxygen atoms in total. The van der Waals surface area contributed by atoms with Crippen LogP contribution >= 0.6 is 0 Å². The number of pyridine rings is 1. The van der Waals surface area contributed by atoms with Crippen molar-refractivity contribution in [1.29, 1.82) is 0 Å². The molecule has 0 spiro atoms. The van der Waals surface area contributed by atoms with Gasteiger partial charge in [0, 0.05) is 17.1 Å². The van der Waals surface area contributed by atoms with Crippen LogP contribution in [0.3, 0.4) is 0 Å². The molecule has 90 valence electrons. The van der Waals surface area contributed by atoms with Gasteiger partial charge < -0.3 is 10.1 Å². The lowest BCUT2D eigenvalue weighted by Gasteiger charge is -1.98. The van der Waals surface area contributed by atoms with E-state index in [1.807, 2.05) is 0 Å². The van der Waals surface area contributed by atoms with Gasteiger partial charge in [0.25, 0.3) is 0 Å². The summed E-state index contributed by atoms with van der Waals surface area (Å²) >= 11 is 0. The Balaban J connectivity index is 0.000000437. The van der Waals surface area contributed by atoms with E-state index in [-0.39, 0.29) is 5.56 Å². The first kappa shape index (κ1) is 13.0. The molecule has 0 saturated carbocycles. The van der Waals surface area contributed by atoms with E-state index < -0.39 is 11.4 Å². The number of carbonyl (C=O) groups is 1. The lowest BCUT2D eigenvalue weighted by Crippen LogP contribution is -2.14. The molecule has 17 heavy (non-hydrogen) atoms. The summed E-state index contributed by atoms with van der Waals surface area (Å²) in [7, 11) is 0. The van der Waals surface area contributed by atoms with Gasteiger partial charge in [-0.05, 0) is 12.1 Å². The predicted molar refractivity (Wildman–Crippen MR) is 67.5 cm³/mol. The Morgan fingerprint density at radius 2 is 1.88 bits per heavy atom. The summed E-state index contributed by atoms with van der Waals surface area (Å²) in [6.07, 6.45) is 2.47. The van der Waals surface area contributed by atoms with Crippen LogP contribution in [0, 0.1) is 0 Å². The van der Waals surface area contributed by atoms with Crippen molar-refractivity contribution in [3.05, 3.63) is 46.2 Å². The molecule has 0 aliphatic rings. The molecule has 2 N–H and O–H groups in total. The third-order valence-electron chi connectivity index (χ3n) is 2.02. The second-order valence-corrected chi connectivity index (χ2v) is 3.59. The molecular formula is C13H15NO3. The first-order chi connectivity index (χ1) is 8.11. The first-order valence-corrected chi connectivity index (χ1v) is 5.45. The lowest BCUT2D eigenvalue weighted by molar-refractivity contribution is 0.0695. The van der Waals surface area contributed by atoms with Gasteiger partial charge in [0.15, 0.2) is 0 Å². The second-order valence-electron chi connectivity index (χ2n) is 3.59. The minimum absolute atomic E-state index is 0.233. The molecular weight excluding hydrogens is 218 g/mol. The van der Waals surface area contributed by atoms with Gasteiger partial charge in [-0.3, -0.25) is 4.79 Å². The maximum atomic E-state index is 11.6. The molecule has 2 rings (SSSR count). The summed E-state index contributed by atoms with van der Waals surface area (Å²) in [5.41, 5.74) is -0.0435. The van der Waals surface area contributed by atoms with Crippen molar-refractivity contribution in [1.82, 2.24) is 4.98 Å². The molecule has 0 saturated heterocycles. The SMILES string of the molecule is CCC.O=C(O)c1c[nH]c2ccccc2c1=O. The molecule has 0 radical (unpaired) electrons. The highest BCUT2D eigenvalue weighted by Crippen LogP contribution is 2.06. The number of aromatic amines is 1. The number of hydrogen-bond donors (Lipinski definition) is 2. The van der Waals surface area contributed by atoms with Crippen molar-refractivity contribution in [2.24, 2.45) is 0 Å². The van der Waals surface area contributed by atoms with E-state index >= 15 is 0 Å². The molecule has 4 heteroatoms. The van der Waals surface area contributed by atoms with Crippen molar-refractivity contribution in [2.75, 3.05) is 0 Å². The average Bonchev–Trinajstić information content (AvgIpc) is 2.30. The molecule has 1 heterocycles. The number of rotatable bonds is 1. The molecule has 0 amide bonds. The van der Waals surface area contributed by atoms with Crippen LogP contribution in [0.5, 0.6) is 0 Å². The zero-order valence-electron chi connectivity index (χ0n) is 9.86. The Kier molecular flexibility index (Phi) is 4.46. The van der Waals surface area contributed by atoms with E-state index in [1.165, 1.54) is 12.6 Å². The highest BCUT2D eigenvalue weighted by molar-refractivity contribution is 5.92. The Bertz CT molecular complexity index is 572. The van der Waals surface area contributed by atoms with Crippen LogP contribution in [0.15, 0.2) is 35.3 Å². The van der Waals surface area contributed by atoms with Crippen molar-refractivity contribution in [2.45, 2.75) is 20.3 Å². The summed E-state index contributed by atoms with van der Waals surface area (Å²) in [5.74, 6) is -1.21. The molecule has 0 fully saturated rings. The van der Waals surface area contributed by atoms with Gasteiger partial charge in [0.1, 0.15) is 5.56 Å². The van der Waals surface area contributed by atoms with E-state index in [0.717, 1.165) is 0 Å². The van der Waals surface area contributed by atoms with Crippen LogP contribution < -0.4 is 5.43 Å². The maximum Gasteiger partial charge on any atom is 0.341 e. The second kappa shape index (κ2) is 5.84. The predicted octanol–water partition coefficient (Wildman–Crippen LogP) is 2.64. The average molecular weight is 233 g/mol. The molecule has 0 aliphatic heterocycles. The van der Waals surface area contributed by atoms with Gasteiger partial charge in [-0.1, -0.05) is 32.4 Å². The number of aromatic carboxylic acids is 1. The number of benzene rings is 1. The quantitative estimate of drug-likeness (QED) is 0.795. The summed E-state index contributed by atoms with van der Waals surface area (Å²) in [6, 6.07) is 6.80. The fraction of sp³-hybridized carbons (Fsp3) is 0.231. The van der Waals surface area contributed by atoms with E-state index in [4.69, 9.17) is 5.11 Å². The van der Waals surface area contributed by atoms with E-state index in [0.29, 0.717) is 10.9 Å². The third-order valence-corrected chi connectivity index (χ3v) is 2.02. The van der Waals surface area contributed by atoms with Gasteiger partial charge in [0.2, 0.25) is 5.43 Å². The monoisotopic (exact) mass is 233 g/mol. The Hall–Kier alpha value is -2.10. The van der Waals surface area contributed by atoms with Crippen molar-refractivity contribution in [3.63, 3.8) is 0 Å². The van der Waals surface area contributed by atoms with Crippen LogP contribution in [-0.2, 0) is 0 Å². The van der Waals surface area contributed by atoms with E-state index in [1.54, 1.807) is 24.3 Å². The van der Waals surface area contributed by atoms with E-state index in [2.05, 4.69) is 18.8 Å². The van der Waals surface area contributed by atoms with Crippen LogP contribution in [0.2, 0.25) is 0 Å². The normalized spacial score (nSPS) is 9.53. The summed E-state index contributed by atoms with van der Waals surface area (Å²) in [5, 5.41) is 9.10. The van der Waals surface area contributed by atoms with Crippen LogP contribution in [-0.4, -0.2) is 16.1 Å². The standard InChI is InChI=1S/C10H7NO3.C3H8/c12-9-6-3-1-2-4-8(6)11-5-7(9)10(13)14;1-3-2/h1-5H,(H,11,12)(H,13,14);3H2,1-2H3. The largest absolute Gasteiger partial charge is 0.477 e. The highest BCUT2D eigenvalue weighted by atomic mass is 16.4. The minimum atomic E-state index is -1.21. The summed E-state index contributed by atoms with van der Waals surface area (Å²) in [6.45, 7) is 4.25. The Labute approximate surface area is 98.9 Å². The zero-order chi connectivity index (χ0) is 12.8. The Morgan fingerprint density at radius 3 is 2.47 bits per heavy atom. The van der Waals surface area contributed by atoms with Gasteiger partial charge in [-0.2, -0.15) is 0 Å². The maximum absolute atomic E-state index is 11.6. The van der Waals surface area contributed by atoms with Crippen LogP contribution in [0.1, 0.15) is 30.6 Å². The van der Waals surface area contributed by atoms with Crippen LogP contribution in [0.4, 0.5) is 0 Å². The summed E-state index contributed by atoms with van der Waals surface area (Å²) < 4.78 is 0. The third kappa shape index (κ3) is 2.93. The minimum Gasteiger partial charge on any atom is -0.477 e. The van der Waals surface area contributed by atoms with Gasteiger partial charge in [-0.25, -0.2) is 4.79 Å². The Morgan fingerprint density at radius 1 is 1.29 bits per heavy atom.